The molecule has 0 aliphatic carbocycles. The maximum absolute atomic E-state index is 10.3. The van der Waals surface area contributed by atoms with Crippen molar-refractivity contribution in [3.8, 4) is 0 Å². The summed E-state index contributed by atoms with van der Waals surface area (Å²) in [6.45, 7) is -0.384. The molecule has 136 valence electrons. The van der Waals surface area contributed by atoms with Crippen LogP contribution in [0.5, 0.6) is 0 Å². The number of nitrogens with zero attached hydrogens (tertiary/aromatic N) is 5. The molecule has 3 aromatic rings. The van der Waals surface area contributed by atoms with Crippen molar-refractivity contribution in [1.29, 1.82) is 0 Å². The second-order valence-electron chi connectivity index (χ2n) is 6.16. The number of fused-ring (bicyclic) bond motifs is 1. The molecule has 1 aliphatic rings. The average Bonchev–Trinajstić information content (AvgIpc) is 3.23. The molecule has 1 aromatic carbocycles. The molecule has 4 atom stereocenters. The molecular weight excluding hydrogens is 338 g/mol. The van der Waals surface area contributed by atoms with E-state index >= 15 is 0 Å². The summed E-state index contributed by atoms with van der Waals surface area (Å²) < 4.78 is 7.15. The third-order valence-corrected chi connectivity index (χ3v) is 4.61. The first-order valence-electron chi connectivity index (χ1n) is 8.21. The third-order valence-electron chi connectivity index (χ3n) is 4.61. The molecule has 3 N–H and O–H groups in total. The molecule has 0 spiro atoms. The number of aliphatic hydroxyl groups is 3. The minimum Gasteiger partial charge on any atom is -0.394 e. The van der Waals surface area contributed by atoms with Crippen LogP contribution in [0.15, 0.2) is 42.9 Å². The quantitative estimate of drug-likeness (QED) is 0.600. The maximum Gasteiger partial charge on any atom is 0.234 e. The van der Waals surface area contributed by atoms with Crippen LogP contribution in [0.25, 0.3) is 5.65 Å². The van der Waals surface area contributed by atoms with Crippen molar-refractivity contribution in [2.45, 2.75) is 24.4 Å². The van der Waals surface area contributed by atoms with Gasteiger partial charge in [0.15, 0.2) is 5.65 Å². The Morgan fingerprint density at radius 2 is 1.92 bits per heavy atom. The second-order valence-corrected chi connectivity index (χ2v) is 6.16. The van der Waals surface area contributed by atoms with Crippen molar-refractivity contribution in [3.63, 3.8) is 0 Å². The highest BCUT2D eigenvalue weighted by atomic mass is 16.6. The van der Waals surface area contributed by atoms with Crippen LogP contribution >= 0.6 is 0 Å². The van der Waals surface area contributed by atoms with Gasteiger partial charge in [-0.2, -0.15) is 9.61 Å². The Hall–Kier alpha value is -2.59. The standard InChI is InChI=1S/C17H19N5O4/c1-21(10-5-3-2-4-6-10)17-19-9-18-16-11(7-20-22(16)17)15-14(25)13(24)12(8-23)26-15/h2-7,9,12-15,23-25H,8H2,1H3/t12-,13-,14-,15+/m1/s1. The van der Waals surface area contributed by atoms with Crippen molar-refractivity contribution in [2.75, 3.05) is 18.6 Å². The number of aliphatic hydroxyl groups excluding tert-OH is 3. The first-order valence-corrected chi connectivity index (χ1v) is 8.21. The maximum atomic E-state index is 10.3. The van der Waals surface area contributed by atoms with Gasteiger partial charge < -0.3 is 25.0 Å². The van der Waals surface area contributed by atoms with Gasteiger partial charge in [0, 0.05) is 18.3 Å². The summed E-state index contributed by atoms with van der Waals surface area (Å²) in [6, 6.07) is 9.69. The lowest BCUT2D eigenvalue weighted by Gasteiger charge is -2.18. The summed E-state index contributed by atoms with van der Waals surface area (Å²) in [5.41, 5.74) is 1.92. The molecule has 9 nitrogen and oxygen atoms in total. The lowest BCUT2D eigenvalue weighted by atomic mass is 10.0. The van der Waals surface area contributed by atoms with Gasteiger partial charge in [0.1, 0.15) is 30.7 Å². The number of hydrogen-bond donors (Lipinski definition) is 3. The van der Waals surface area contributed by atoms with Gasteiger partial charge in [-0.15, -0.1) is 0 Å². The number of ether oxygens (including phenoxy) is 1. The zero-order valence-corrected chi connectivity index (χ0v) is 14.0. The van der Waals surface area contributed by atoms with Crippen molar-refractivity contribution in [3.05, 3.63) is 48.4 Å². The molecule has 26 heavy (non-hydrogen) atoms. The molecule has 1 aliphatic heterocycles. The molecule has 0 bridgehead atoms. The van der Waals surface area contributed by atoms with Crippen LogP contribution in [0.1, 0.15) is 11.7 Å². The molecule has 1 fully saturated rings. The Balaban J connectivity index is 1.74. The predicted molar refractivity (Wildman–Crippen MR) is 92.0 cm³/mol. The van der Waals surface area contributed by atoms with Crippen LogP contribution in [0, 0.1) is 0 Å². The fourth-order valence-electron chi connectivity index (χ4n) is 3.17. The van der Waals surface area contributed by atoms with Gasteiger partial charge in [-0.05, 0) is 12.1 Å². The Bertz CT molecular complexity index is 903. The summed E-state index contributed by atoms with van der Waals surface area (Å²) in [5, 5.41) is 33.9. The van der Waals surface area contributed by atoms with E-state index in [4.69, 9.17) is 4.74 Å². The van der Waals surface area contributed by atoms with Crippen molar-refractivity contribution >= 4 is 17.3 Å². The van der Waals surface area contributed by atoms with Crippen molar-refractivity contribution in [1.82, 2.24) is 19.6 Å². The molecule has 0 unspecified atom stereocenters. The first-order chi connectivity index (χ1) is 12.6. The lowest BCUT2D eigenvalue weighted by Crippen LogP contribution is -2.32. The fourth-order valence-corrected chi connectivity index (χ4v) is 3.17. The predicted octanol–water partition coefficient (Wildman–Crippen LogP) is 0.0462. The number of rotatable bonds is 4. The van der Waals surface area contributed by atoms with Crippen LogP contribution in [-0.2, 0) is 4.74 Å². The van der Waals surface area contributed by atoms with Gasteiger partial charge in [0.2, 0.25) is 5.95 Å². The molecule has 0 amide bonds. The van der Waals surface area contributed by atoms with E-state index < -0.39 is 24.4 Å². The molecule has 2 aromatic heterocycles. The molecule has 0 radical (unpaired) electrons. The number of hydrogen-bond acceptors (Lipinski definition) is 8. The highest BCUT2D eigenvalue weighted by Crippen LogP contribution is 2.35. The minimum absolute atomic E-state index is 0.384. The van der Waals surface area contributed by atoms with Gasteiger partial charge in [-0.1, -0.05) is 18.2 Å². The van der Waals surface area contributed by atoms with E-state index in [2.05, 4.69) is 15.1 Å². The Morgan fingerprint density at radius 3 is 2.62 bits per heavy atom. The first kappa shape index (κ1) is 16.9. The summed E-state index contributed by atoms with van der Waals surface area (Å²) >= 11 is 0. The van der Waals surface area contributed by atoms with E-state index in [9.17, 15) is 15.3 Å². The van der Waals surface area contributed by atoms with Gasteiger partial charge in [-0.3, -0.25) is 0 Å². The summed E-state index contributed by atoms with van der Waals surface area (Å²) in [4.78, 5) is 10.4. The monoisotopic (exact) mass is 357 g/mol. The minimum atomic E-state index is -1.18. The average molecular weight is 357 g/mol. The van der Waals surface area contributed by atoms with Gasteiger partial charge in [0.25, 0.3) is 0 Å². The van der Waals surface area contributed by atoms with Crippen LogP contribution in [0.4, 0.5) is 11.6 Å². The van der Waals surface area contributed by atoms with Gasteiger partial charge >= 0.3 is 0 Å². The zero-order valence-electron chi connectivity index (χ0n) is 14.0. The molecule has 1 saturated heterocycles. The van der Waals surface area contributed by atoms with Crippen LogP contribution in [0.2, 0.25) is 0 Å². The van der Waals surface area contributed by atoms with Crippen LogP contribution in [0.3, 0.4) is 0 Å². The topological polar surface area (TPSA) is 116 Å². The van der Waals surface area contributed by atoms with E-state index in [0.717, 1.165) is 5.69 Å². The molecule has 0 saturated carbocycles. The van der Waals surface area contributed by atoms with Crippen molar-refractivity contribution < 1.29 is 20.1 Å². The lowest BCUT2D eigenvalue weighted by molar-refractivity contribution is -0.0224. The summed E-state index contributed by atoms with van der Waals surface area (Å²) in [6.07, 6.45) is -1.08. The van der Waals surface area contributed by atoms with E-state index in [1.807, 2.05) is 42.3 Å². The van der Waals surface area contributed by atoms with E-state index in [0.29, 0.717) is 17.2 Å². The highest BCUT2D eigenvalue weighted by Gasteiger charge is 2.44. The van der Waals surface area contributed by atoms with Crippen LogP contribution < -0.4 is 4.90 Å². The summed E-state index contributed by atoms with van der Waals surface area (Å²) in [7, 11) is 1.87. The normalized spacial score (nSPS) is 25.7. The van der Waals surface area contributed by atoms with Crippen molar-refractivity contribution in [2.24, 2.45) is 0 Å². The Morgan fingerprint density at radius 1 is 1.15 bits per heavy atom. The second kappa shape index (κ2) is 6.61. The van der Waals surface area contributed by atoms with E-state index in [1.165, 1.54) is 12.5 Å². The molecule has 4 rings (SSSR count). The molecule has 9 heteroatoms. The van der Waals surface area contributed by atoms with Crippen LogP contribution in [-0.4, -0.2) is 66.9 Å². The Labute approximate surface area is 149 Å². The SMILES string of the molecule is CN(c1ccccc1)c1ncnc2c([C@@H]3O[C@H](CO)[C@@H](O)[C@H]3O)cnn12. The number of aromatic nitrogens is 4. The smallest absolute Gasteiger partial charge is 0.234 e. The third kappa shape index (κ3) is 2.61. The highest BCUT2D eigenvalue weighted by molar-refractivity contribution is 5.60. The summed E-state index contributed by atoms with van der Waals surface area (Å²) in [5.74, 6) is 0.541. The van der Waals surface area contributed by atoms with E-state index in [1.54, 1.807) is 4.52 Å². The van der Waals surface area contributed by atoms with E-state index in [-0.39, 0.29) is 6.61 Å². The molecule has 3 heterocycles. The number of benzene rings is 1. The molecular formula is C17H19N5O4. The largest absolute Gasteiger partial charge is 0.394 e. The van der Waals surface area contributed by atoms with Gasteiger partial charge in [-0.25, -0.2) is 9.97 Å². The Kier molecular flexibility index (Phi) is 4.29. The fraction of sp³-hybridized carbons (Fsp3) is 0.353. The number of para-hydroxylation sites is 1. The zero-order chi connectivity index (χ0) is 18.3. The van der Waals surface area contributed by atoms with Gasteiger partial charge in [0.05, 0.1) is 12.8 Å². The number of anilines is 2.